The molecule has 2 aromatic rings. The molecule has 0 aliphatic carbocycles. The van der Waals surface area contributed by atoms with E-state index in [9.17, 15) is 23.4 Å². The first-order valence-corrected chi connectivity index (χ1v) is 6.12. The van der Waals surface area contributed by atoms with Gasteiger partial charge in [0, 0.05) is 0 Å². The first-order chi connectivity index (χ1) is 10.3. The Bertz CT molecular complexity index is 756. The SMILES string of the molecule is N#C/C(=C\c1ccc(O)c(O)c1)c1ccc(C(F)(F)F)cc1. The number of aromatic hydroxyl groups is 2. The lowest BCUT2D eigenvalue weighted by atomic mass is 10.0. The molecule has 2 rings (SSSR count). The van der Waals surface area contributed by atoms with Gasteiger partial charge in [-0.15, -0.1) is 0 Å². The van der Waals surface area contributed by atoms with Crippen molar-refractivity contribution in [3.05, 3.63) is 59.2 Å². The van der Waals surface area contributed by atoms with Crippen LogP contribution in [0, 0.1) is 11.3 Å². The van der Waals surface area contributed by atoms with Crippen LogP contribution in [0.25, 0.3) is 11.6 Å². The summed E-state index contributed by atoms with van der Waals surface area (Å²) >= 11 is 0. The van der Waals surface area contributed by atoms with E-state index in [1.807, 2.05) is 6.07 Å². The van der Waals surface area contributed by atoms with E-state index in [-0.39, 0.29) is 17.1 Å². The van der Waals surface area contributed by atoms with Crippen molar-refractivity contribution in [2.45, 2.75) is 6.18 Å². The lowest BCUT2D eigenvalue weighted by molar-refractivity contribution is -0.137. The van der Waals surface area contributed by atoms with Gasteiger partial charge in [0.2, 0.25) is 0 Å². The van der Waals surface area contributed by atoms with Crippen LogP contribution in [0.5, 0.6) is 11.5 Å². The van der Waals surface area contributed by atoms with Gasteiger partial charge in [0.15, 0.2) is 11.5 Å². The van der Waals surface area contributed by atoms with E-state index < -0.39 is 11.7 Å². The zero-order valence-electron chi connectivity index (χ0n) is 11.1. The summed E-state index contributed by atoms with van der Waals surface area (Å²) in [4.78, 5) is 0. The van der Waals surface area contributed by atoms with E-state index in [0.29, 0.717) is 11.1 Å². The Labute approximate surface area is 124 Å². The number of alkyl halides is 3. The summed E-state index contributed by atoms with van der Waals surface area (Å²) in [5.74, 6) is -0.649. The van der Waals surface area contributed by atoms with Crippen molar-refractivity contribution in [2.24, 2.45) is 0 Å². The maximum absolute atomic E-state index is 12.5. The summed E-state index contributed by atoms with van der Waals surface area (Å²) in [6.07, 6.45) is -3.03. The van der Waals surface area contributed by atoms with Crippen molar-refractivity contribution in [1.82, 2.24) is 0 Å². The monoisotopic (exact) mass is 305 g/mol. The fourth-order valence-corrected chi connectivity index (χ4v) is 1.82. The molecule has 0 radical (unpaired) electrons. The molecule has 2 N–H and O–H groups in total. The van der Waals surface area contributed by atoms with Crippen LogP contribution < -0.4 is 0 Å². The smallest absolute Gasteiger partial charge is 0.416 e. The van der Waals surface area contributed by atoms with Gasteiger partial charge < -0.3 is 10.2 Å². The van der Waals surface area contributed by atoms with E-state index in [4.69, 9.17) is 5.26 Å². The molecule has 6 heteroatoms. The van der Waals surface area contributed by atoms with Gasteiger partial charge in [0.1, 0.15) is 0 Å². The largest absolute Gasteiger partial charge is 0.504 e. The normalized spacial score (nSPS) is 12.0. The highest BCUT2D eigenvalue weighted by molar-refractivity contribution is 5.89. The number of rotatable bonds is 2. The van der Waals surface area contributed by atoms with E-state index in [1.165, 1.54) is 36.4 Å². The van der Waals surface area contributed by atoms with Crippen LogP contribution >= 0.6 is 0 Å². The molecule has 0 saturated carbocycles. The van der Waals surface area contributed by atoms with Gasteiger partial charge >= 0.3 is 6.18 Å². The van der Waals surface area contributed by atoms with Crippen molar-refractivity contribution < 1.29 is 23.4 Å². The molecule has 0 fully saturated rings. The van der Waals surface area contributed by atoms with Gasteiger partial charge in [0.25, 0.3) is 0 Å². The van der Waals surface area contributed by atoms with Crippen LogP contribution in [-0.2, 0) is 6.18 Å². The minimum atomic E-state index is -4.43. The molecule has 0 atom stereocenters. The second kappa shape index (κ2) is 5.82. The highest BCUT2D eigenvalue weighted by Gasteiger charge is 2.30. The molecule has 22 heavy (non-hydrogen) atoms. The second-order valence-electron chi connectivity index (χ2n) is 4.49. The fraction of sp³-hybridized carbons (Fsp3) is 0.0625. The summed E-state index contributed by atoms with van der Waals surface area (Å²) in [5, 5.41) is 27.8. The molecule has 0 amide bonds. The molecule has 112 valence electrons. The second-order valence-corrected chi connectivity index (χ2v) is 4.49. The van der Waals surface area contributed by atoms with Crippen LogP contribution in [0.4, 0.5) is 13.2 Å². The van der Waals surface area contributed by atoms with Crippen LogP contribution in [0.15, 0.2) is 42.5 Å². The maximum atomic E-state index is 12.5. The van der Waals surface area contributed by atoms with Gasteiger partial charge in [0.05, 0.1) is 17.2 Å². The zero-order valence-corrected chi connectivity index (χ0v) is 11.1. The number of phenolic OH excluding ortho intramolecular Hbond substituents is 2. The van der Waals surface area contributed by atoms with Crippen LogP contribution in [0.3, 0.4) is 0 Å². The Morgan fingerprint density at radius 3 is 2.14 bits per heavy atom. The van der Waals surface area contributed by atoms with E-state index in [0.717, 1.165) is 12.1 Å². The highest BCUT2D eigenvalue weighted by Crippen LogP contribution is 2.31. The summed E-state index contributed by atoms with van der Waals surface area (Å²) in [5.41, 5.74) is 0.101. The average molecular weight is 305 g/mol. The van der Waals surface area contributed by atoms with Crippen molar-refractivity contribution >= 4 is 11.6 Å². The molecular formula is C16H10F3NO2. The molecule has 0 aromatic heterocycles. The lowest BCUT2D eigenvalue weighted by Gasteiger charge is -2.07. The molecule has 0 saturated heterocycles. The summed E-state index contributed by atoms with van der Waals surface area (Å²) in [6.45, 7) is 0. The number of hydrogen-bond donors (Lipinski definition) is 2. The molecule has 2 aromatic carbocycles. The third kappa shape index (κ3) is 3.38. The molecule has 0 bridgehead atoms. The quantitative estimate of drug-likeness (QED) is 0.497. The van der Waals surface area contributed by atoms with Gasteiger partial charge in [-0.1, -0.05) is 18.2 Å². The Balaban J connectivity index is 2.37. The Kier molecular flexibility index (Phi) is 4.08. The number of phenols is 2. The number of benzene rings is 2. The van der Waals surface area contributed by atoms with E-state index in [2.05, 4.69) is 0 Å². The molecule has 3 nitrogen and oxygen atoms in total. The Morgan fingerprint density at radius 2 is 1.64 bits per heavy atom. The maximum Gasteiger partial charge on any atom is 0.416 e. The topological polar surface area (TPSA) is 64.2 Å². The third-order valence-corrected chi connectivity index (χ3v) is 2.95. The highest BCUT2D eigenvalue weighted by atomic mass is 19.4. The summed E-state index contributed by atoms with van der Waals surface area (Å²) in [7, 11) is 0. The first kappa shape index (κ1) is 15.4. The average Bonchev–Trinajstić information content (AvgIpc) is 2.47. The molecule has 0 unspecified atom stereocenters. The van der Waals surface area contributed by atoms with E-state index in [1.54, 1.807) is 0 Å². The van der Waals surface area contributed by atoms with Crippen LogP contribution in [0.2, 0.25) is 0 Å². The molecule has 0 aliphatic heterocycles. The predicted octanol–water partition coefficient (Wildman–Crippen LogP) is 4.18. The first-order valence-electron chi connectivity index (χ1n) is 6.12. The number of hydrogen-bond acceptors (Lipinski definition) is 3. The number of nitrogens with zero attached hydrogens (tertiary/aromatic N) is 1. The Hall–Kier alpha value is -2.94. The van der Waals surface area contributed by atoms with Crippen LogP contribution in [-0.4, -0.2) is 10.2 Å². The summed E-state index contributed by atoms with van der Waals surface area (Å²) < 4.78 is 37.5. The van der Waals surface area contributed by atoms with Gasteiger partial charge in [-0.05, 0) is 41.5 Å². The minimum absolute atomic E-state index is 0.138. The zero-order chi connectivity index (χ0) is 16.3. The van der Waals surface area contributed by atoms with Gasteiger partial charge in [-0.25, -0.2) is 0 Å². The van der Waals surface area contributed by atoms with Crippen LogP contribution in [0.1, 0.15) is 16.7 Å². The van der Waals surface area contributed by atoms with Gasteiger partial charge in [-0.3, -0.25) is 0 Å². The molecule has 0 spiro atoms. The number of allylic oxidation sites excluding steroid dienone is 1. The predicted molar refractivity (Wildman–Crippen MR) is 74.7 cm³/mol. The van der Waals surface area contributed by atoms with Crippen molar-refractivity contribution in [3.63, 3.8) is 0 Å². The lowest BCUT2D eigenvalue weighted by Crippen LogP contribution is -2.04. The standard InChI is InChI=1S/C16H10F3NO2/c17-16(18,19)13-4-2-11(3-5-13)12(9-20)7-10-1-6-14(21)15(22)8-10/h1-8,21-22H/b12-7+. The summed E-state index contributed by atoms with van der Waals surface area (Å²) in [6, 6.07) is 10.1. The fourth-order valence-electron chi connectivity index (χ4n) is 1.82. The van der Waals surface area contributed by atoms with E-state index >= 15 is 0 Å². The number of halogens is 3. The Morgan fingerprint density at radius 1 is 1.00 bits per heavy atom. The molecule has 0 aliphatic rings. The number of nitriles is 1. The van der Waals surface area contributed by atoms with Gasteiger partial charge in [-0.2, -0.15) is 18.4 Å². The van der Waals surface area contributed by atoms with Crippen molar-refractivity contribution in [3.8, 4) is 17.6 Å². The molecule has 0 heterocycles. The van der Waals surface area contributed by atoms with Crippen molar-refractivity contribution in [2.75, 3.05) is 0 Å². The van der Waals surface area contributed by atoms with Crippen molar-refractivity contribution in [1.29, 1.82) is 5.26 Å². The third-order valence-electron chi connectivity index (χ3n) is 2.95. The minimum Gasteiger partial charge on any atom is -0.504 e. The molecular weight excluding hydrogens is 295 g/mol.